The summed E-state index contributed by atoms with van der Waals surface area (Å²) < 4.78 is 5.20. The Morgan fingerprint density at radius 2 is 2.04 bits per heavy atom. The molecule has 0 bridgehead atoms. The summed E-state index contributed by atoms with van der Waals surface area (Å²) in [6, 6.07) is 16.1. The summed E-state index contributed by atoms with van der Waals surface area (Å²) in [5.74, 6) is 0.245. The summed E-state index contributed by atoms with van der Waals surface area (Å²) in [5.41, 5.74) is 2.28. The number of hydrogen-bond acceptors (Lipinski definition) is 4. The van der Waals surface area contributed by atoms with E-state index in [9.17, 15) is 10.1 Å². The molecule has 2 aromatic carbocycles. The van der Waals surface area contributed by atoms with Crippen molar-refractivity contribution in [2.45, 2.75) is 0 Å². The fourth-order valence-electron chi connectivity index (χ4n) is 2.57. The van der Waals surface area contributed by atoms with E-state index in [1.165, 1.54) is 6.08 Å². The Hall–Kier alpha value is -3.83. The number of rotatable bonds is 4. The smallest absolute Gasteiger partial charge is 0.205 e. The molecule has 0 saturated heterocycles. The third-order valence-electron chi connectivity index (χ3n) is 3.83. The van der Waals surface area contributed by atoms with Crippen molar-refractivity contribution >= 4 is 22.8 Å². The van der Waals surface area contributed by atoms with Crippen LogP contribution in [0.3, 0.4) is 0 Å². The van der Waals surface area contributed by atoms with E-state index in [4.69, 9.17) is 10.00 Å². The van der Waals surface area contributed by atoms with Crippen LogP contribution in [0.5, 0.6) is 5.75 Å². The fraction of sp³-hybridized carbons (Fsp3) is 0.0500. The predicted molar refractivity (Wildman–Crippen MR) is 93.9 cm³/mol. The first-order valence-corrected chi connectivity index (χ1v) is 7.48. The Morgan fingerprint density at radius 1 is 1.20 bits per heavy atom. The Bertz CT molecular complexity index is 1080. The first kappa shape index (κ1) is 16.0. The number of methoxy groups -OCH3 is 1. The van der Waals surface area contributed by atoms with E-state index in [2.05, 4.69) is 4.98 Å². The van der Waals surface area contributed by atoms with Crippen LogP contribution in [0, 0.1) is 22.7 Å². The molecule has 0 aliphatic rings. The summed E-state index contributed by atoms with van der Waals surface area (Å²) in [4.78, 5) is 15.8. The van der Waals surface area contributed by atoms with Gasteiger partial charge in [-0.05, 0) is 42.0 Å². The quantitative estimate of drug-likeness (QED) is 0.448. The molecule has 1 aromatic heterocycles. The number of fused-ring (bicyclic) bond motifs is 1. The van der Waals surface area contributed by atoms with Crippen LogP contribution < -0.4 is 4.74 Å². The monoisotopic (exact) mass is 327 g/mol. The van der Waals surface area contributed by atoms with Crippen LogP contribution in [0.25, 0.3) is 17.0 Å². The number of benzene rings is 2. The van der Waals surface area contributed by atoms with Gasteiger partial charge in [-0.2, -0.15) is 10.5 Å². The highest BCUT2D eigenvalue weighted by Crippen LogP contribution is 2.26. The van der Waals surface area contributed by atoms with Gasteiger partial charge in [0.25, 0.3) is 0 Å². The summed E-state index contributed by atoms with van der Waals surface area (Å²) in [6.45, 7) is 0. The van der Waals surface area contributed by atoms with Crippen LogP contribution in [0.15, 0.2) is 54.2 Å². The van der Waals surface area contributed by atoms with Crippen molar-refractivity contribution in [3.63, 3.8) is 0 Å². The molecule has 0 amide bonds. The zero-order valence-electron chi connectivity index (χ0n) is 13.4. The number of H-pyrrole nitrogens is 1. The van der Waals surface area contributed by atoms with E-state index >= 15 is 0 Å². The second-order valence-electron chi connectivity index (χ2n) is 5.35. The van der Waals surface area contributed by atoms with E-state index < -0.39 is 0 Å². The summed E-state index contributed by atoms with van der Waals surface area (Å²) in [5, 5.41) is 19.1. The number of aromatic nitrogens is 1. The van der Waals surface area contributed by atoms with Crippen molar-refractivity contribution in [1.29, 1.82) is 10.5 Å². The molecule has 25 heavy (non-hydrogen) atoms. The van der Waals surface area contributed by atoms with Crippen LogP contribution in [0.2, 0.25) is 0 Å². The van der Waals surface area contributed by atoms with Crippen LogP contribution >= 0.6 is 0 Å². The highest BCUT2D eigenvalue weighted by Gasteiger charge is 2.17. The standard InChI is InChI=1S/C20H13N3O2/c1-25-16-5-6-19-17(9-16)18(12-23-19)20(24)15(11-22)8-13-3-2-4-14(7-13)10-21/h2-9,12,23H,1H3/b15-8-. The lowest BCUT2D eigenvalue weighted by atomic mass is 10.0. The Balaban J connectivity index is 2.05. The number of nitrogens with one attached hydrogen (secondary N) is 1. The van der Waals surface area contributed by atoms with Crippen LogP contribution in [0.4, 0.5) is 0 Å². The van der Waals surface area contributed by atoms with Crippen molar-refractivity contribution < 1.29 is 9.53 Å². The minimum atomic E-state index is -0.385. The van der Waals surface area contributed by atoms with Gasteiger partial charge in [0.05, 0.1) is 18.7 Å². The zero-order valence-corrected chi connectivity index (χ0v) is 13.4. The maximum atomic E-state index is 12.8. The summed E-state index contributed by atoms with van der Waals surface area (Å²) in [6.07, 6.45) is 3.07. The number of aromatic amines is 1. The van der Waals surface area contributed by atoms with Crippen LogP contribution in [-0.4, -0.2) is 17.9 Å². The molecule has 0 aliphatic heterocycles. The van der Waals surface area contributed by atoms with Gasteiger partial charge in [0.1, 0.15) is 17.4 Å². The maximum Gasteiger partial charge on any atom is 0.205 e. The van der Waals surface area contributed by atoms with Crippen molar-refractivity contribution in [3.8, 4) is 17.9 Å². The molecule has 1 N–H and O–H groups in total. The molecule has 5 nitrogen and oxygen atoms in total. The van der Waals surface area contributed by atoms with Crippen molar-refractivity contribution in [2.75, 3.05) is 7.11 Å². The van der Waals surface area contributed by atoms with E-state index in [1.54, 1.807) is 49.7 Å². The van der Waals surface area contributed by atoms with E-state index in [1.807, 2.05) is 18.2 Å². The number of carbonyl (C=O) groups is 1. The minimum absolute atomic E-state index is 0.00110. The molecule has 0 atom stereocenters. The average molecular weight is 327 g/mol. The van der Waals surface area contributed by atoms with E-state index in [-0.39, 0.29) is 11.4 Å². The number of allylic oxidation sites excluding steroid dienone is 1. The largest absolute Gasteiger partial charge is 0.497 e. The van der Waals surface area contributed by atoms with Crippen LogP contribution in [-0.2, 0) is 0 Å². The number of ether oxygens (including phenoxy) is 1. The molecular weight excluding hydrogens is 314 g/mol. The predicted octanol–water partition coefficient (Wildman–Crippen LogP) is 3.84. The first-order chi connectivity index (χ1) is 12.2. The Kier molecular flexibility index (Phi) is 4.32. The van der Waals surface area contributed by atoms with E-state index in [0.29, 0.717) is 27.8 Å². The Morgan fingerprint density at radius 3 is 2.76 bits per heavy atom. The van der Waals surface area contributed by atoms with Gasteiger partial charge in [0.2, 0.25) is 5.78 Å². The lowest BCUT2D eigenvalue weighted by Gasteiger charge is -2.02. The second-order valence-corrected chi connectivity index (χ2v) is 5.35. The van der Waals surface area contributed by atoms with Gasteiger partial charge in [0.15, 0.2) is 0 Å². The maximum absolute atomic E-state index is 12.8. The topological polar surface area (TPSA) is 89.7 Å². The molecule has 0 aliphatic carbocycles. The molecule has 0 unspecified atom stereocenters. The van der Waals surface area contributed by atoms with Gasteiger partial charge in [-0.1, -0.05) is 12.1 Å². The normalized spacial score (nSPS) is 10.9. The molecule has 0 saturated carbocycles. The van der Waals surface area contributed by atoms with Gasteiger partial charge in [-0.15, -0.1) is 0 Å². The lowest BCUT2D eigenvalue weighted by Crippen LogP contribution is -2.01. The number of nitrogens with zero attached hydrogens (tertiary/aromatic N) is 2. The van der Waals surface area contributed by atoms with Crippen molar-refractivity contribution in [2.24, 2.45) is 0 Å². The Labute approximate surface area is 144 Å². The molecule has 5 heteroatoms. The van der Waals surface area contributed by atoms with Crippen LogP contribution in [0.1, 0.15) is 21.5 Å². The molecule has 1 heterocycles. The SMILES string of the molecule is COc1ccc2[nH]cc(C(=O)/C(C#N)=C\c3cccc(C#N)c3)c2c1. The first-order valence-electron chi connectivity index (χ1n) is 7.48. The molecule has 3 rings (SSSR count). The molecule has 3 aromatic rings. The van der Waals surface area contributed by atoms with Gasteiger partial charge >= 0.3 is 0 Å². The van der Waals surface area contributed by atoms with Gasteiger partial charge < -0.3 is 9.72 Å². The number of hydrogen-bond donors (Lipinski definition) is 1. The highest BCUT2D eigenvalue weighted by molar-refractivity contribution is 6.20. The highest BCUT2D eigenvalue weighted by atomic mass is 16.5. The second kappa shape index (κ2) is 6.74. The lowest BCUT2D eigenvalue weighted by molar-refractivity contribution is 0.104. The van der Waals surface area contributed by atoms with Crippen molar-refractivity contribution in [3.05, 3.63) is 70.9 Å². The third-order valence-corrected chi connectivity index (χ3v) is 3.83. The molecular formula is C20H13N3O2. The number of nitriles is 2. The molecule has 0 spiro atoms. The van der Waals surface area contributed by atoms with E-state index in [0.717, 1.165) is 5.52 Å². The molecule has 0 radical (unpaired) electrons. The summed E-state index contributed by atoms with van der Waals surface area (Å²) in [7, 11) is 1.55. The van der Waals surface area contributed by atoms with Gasteiger partial charge in [-0.25, -0.2) is 0 Å². The fourth-order valence-corrected chi connectivity index (χ4v) is 2.57. The average Bonchev–Trinajstić information content (AvgIpc) is 3.08. The van der Waals surface area contributed by atoms with Gasteiger partial charge in [0, 0.05) is 22.7 Å². The van der Waals surface area contributed by atoms with Crippen molar-refractivity contribution in [1.82, 2.24) is 4.98 Å². The zero-order chi connectivity index (χ0) is 17.8. The number of Topliss-reactive ketones (excluding diaryl/α,β-unsaturated/α-hetero) is 1. The number of ketones is 1. The molecule has 0 fully saturated rings. The summed E-state index contributed by atoms with van der Waals surface area (Å²) >= 11 is 0. The molecule has 120 valence electrons. The number of carbonyl (C=O) groups excluding carboxylic acids is 1. The third kappa shape index (κ3) is 3.12. The minimum Gasteiger partial charge on any atom is -0.497 e. The van der Waals surface area contributed by atoms with Gasteiger partial charge in [-0.3, -0.25) is 4.79 Å².